The molecule has 0 spiro atoms. The summed E-state index contributed by atoms with van der Waals surface area (Å²) in [5.74, 6) is -14.0. The van der Waals surface area contributed by atoms with Crippen molar-refractivity contribution in [2.75, 3.05) is 6.61 Å². The van der Waals surface area contributed by atoms with Crippen LogP contribution in [0.1, 0.15) is 0 Å². The van der Waals surface area contributed by atoms with Gasteiger partial charge in [-0.3, -0.25) is 0 Å². The molecule has 144 valence electrons. The molecule has 0 radical (unpaired) electrons. The minimum absolute atomic E-state index is 0.244. The zero-order valence-corrected chi connectivity index (χ0v) is 14.0. The van der Waals surface area contributed by atoms with Crippen LogP contribution in [0, 0.1) is 29.1 Å². The Morgan fingerprint density at radius 2 is 1.18 bits per heavy atom. The van der Waals surface area contributed by atoms with Crippen molar-refractivity contribution in [3.8, 4) is 22.6 Å². The summed E-state index contributed by atoms with van der Waals surface area (Å²) in [7, 11) is 0. The van der Waals surface area contributed by atoms with Crippen molar-refractivity contribution in [3.05, 3.63) is 83.7 Å². The molecule has 0 saturated heterocycles. The van der Waals surface area contributed by atoms with Crippen LogP contribution in [-0.4, -0.2) is 12.6 Å². The first-order valence-electron chi connectivity index (χ1n) is 7.89. The Bertz CT molecular complexity index is 976. The Labute approximate surface area is 155 Å². The Kier molecular flexibility index (Phi) is 5.58. The fraction of sp³-hybridized carbons (Fsp3) is 0.0500. The van der Waals surface area contributed by atoms with E-state index in [1.807, 2.05) is 30.3 Å². The lowest BCUT2D eigenvalue weighted by atomic mass is 10.1. The lowest BCUT2D eigenvalue weighted by Gasteiger charge is -2.10. The number of halogens is 5. The minimum Gasteiger partial charge on any atom is -0.482 e. The van der Waals surface area contributed by atoms with Gasteiger partial charge < -0.3 is 9.47 Å². The second-order valence-electron chi connectivity index (χ2n) is 5.55. The molecule has 0 amide bonds. The number of rotatable bonds is 5. The summed E-state index contributed by atoms with van der Waals surface area (Å²) in [6.07, 6.45) is 0. The number of ether oxygens (including phenoxy) is 2. The average Bonchev–Trinajstić information content (AvgIpc) is 2.73. The second kappa shape index (κ2) is 8.08. The number of benzene rings is 3. The summed E-state index contributed by atoms with van der Waals surface area (Å²) < 4.78 is 75.5. The molecular weight excluding hydrogens is 383 g/mol. The third-order valence-electron chi connectivity index (χ3n) is 3.70. The molecule has 3 aromatic rings. The second-order valence-corrected chi connectivity index (χ2v) is 5.55. The molecular formula is C20H11F5O3. The number of esters is 1. The third-order valence-corrected chi connectivity index (χ3v) is 3.70. The molecule has 8 heteroatoms. The van der Waals surface area contributed by atoms with Gasteiger partial charge >= 0.3 is 5.97 Å². The van der Waals surface area contributed by atoms with Gasteiger partial charge in [0.15, 0.2) is 6.61 Å². The summed E-state index contributed by atoms with van der Waals surface area (Å²) in [5, 5.41) is 0. The zero-order valence-electron chi connectivity index (χ0n) is 14.0. The molecule has 0 atom stereocenters. The molecule has 0 aromatic heterocycles. The molecule has 0 N–H and O–H groups in total. The number of hydrogen-bond acceptors (Lipinski definition) is 3. The predicted molar refractivity (Wildman–Crippen MR) is 89.2 cm³/mol. The molecule has 0 bridgehead atoms. The van der Waals surface area contributed by atoms with Gasteiger partial charge in [0.05, 0.1) is 0 Å². The van der Waals surface area contributed by atoms with Crippen LogP contribution in [0.3, 0.4) is 0 Å². The van der Waals surface area contributed by atoms with Crippen LogP contribution in [0.15, 0.2) is 54.6 Å². The van der Waals surface area contributed by atoms with E-state index in [1.54, 1.807) is 24.3 Å². The quantitative estimate of drug-likeness (QED) is 0.200. The van der Waals surface area contributed by atoms with Gasteiger partial charge in [0.2, 0.25) is 34.8 Å². The van der Waals surface area contributed by atoms with Crippen LogP contribution in [0.4, 0.5) is 22.0 Å². The molecule has 3 rings (SSSR count). The van der Waals surface area contributed by atoms with E-state index >= 15 is 0 Å². The minimum atomic E-state index is -2.34. The molecule has 3 aromatic carbocycles. The lowest BCUT2D eigenvalue weighted by Crippen LogP contribution is -2.20. The lowest BCUT2D eigenvalue weighted by molar-refractivity contribution is -0.137. The van der Waals surface area contributed by atoms with Gasteiger partial charge in [0.25, 0.3) is 0 Å². The predicted octanol–water partition coefficient (Wildman–Crippen LogP) is 5.03. The fourth-order valence-corrected chi connectivity index (χ4v) is 2.33. The van der Waals surface area contributed by atoms with E-state index in [-0.39, 0.29) is 5.75 Å². The van der Waals surface area contributed by atoms with Crippen LogP contribution in [0.2, 0.25) is 0 Å². The first-order valence-corrected chi connectivity index (χ1v) is 7.89. The molecule has 28 heavy (non-hydrogen) atoms. The standard InChI is InChI=1S/C20H11F5O3/c21-15-16(22)18(24)20(19(25)17(15)23)28-14(26)10-27-13-8-6-12(7-9-13)11-4-2-1-3-5-11/h1-9H,10H2. The van der Waals surface area contributed by atoms with E-state index < -0.39 is 47.4 Å². The smallest absolute Gasteiger partial charge is 0.349 e. The highest BCUT2D eigenvalue weighted by Gasteiger charge is 2.28. The van der Waals surface area contributed by atoms with Gasteiger partial charge in [-0.1, -0.05) is 42.5 Å². The molecule has 3 nitrogen and oxygen atoms in total. The van der Waals surface area contributed by atoms with Crippen LogP contribution in [-0.2, 0) is 4.79 Å². The SMILES string of the molecule is O=C(COc1ccc(-c2ccccc2)cc1)Oc1c(F)c(F)c(F)c(F)c1F. The first kappa shape index (κ1) is 19.3. The van der Waals surface area contributed by atoms with Crippen LogP contribution in [0.25, 0.3) is 11.1 Å². The van der Waals surface area contributed by atoms with Crippen LogP contribution in [0.5, 0.6) is 11.5 Å². The number of carbonyl (C=O) groups excluding carboxylic acids is 1. The Morgan fingerprint density at radius 1 is 0.679 bits per heavy atom. The Hall–Kier alpha value is -3.42. The summed E-state index contributed by atoms with van der Waals surface area (Å²) in [6, 6.07) is 16.0. The fourth-order valence-electron chi connectivity index (χ4n) is 2.33. The molecule has 0 aliphatic rings. The highest BCUT2D eigenvalue weighted by molar-refractivity contribution is 5.74. The maximum absolute atomic E-state index is 13.5. The zero-order chi connectivity index (χ0) is 20.3. The van der Waals surface area contributed by atoms with Gasteiger partial charge in [-0.05, 0) is 23.3 Å². The molecule has 0 saturated carbocycles. The van der Waals surface area contributed by atoms with E-state index in [2.05, 4.69) is 4.74 Å². The van der Waals surface area contributed by atoms with Crippen molar-refractivity contribution >= 4 is 5.97 Å². The maximum Gasteiger partial charge on any atom is 0.349 e. The van der Waals surface area contributed by atoms with Gasteiger partial charge in [0.1, 0.15) is 5.75 Å². The molecule has 0 fully saturated rings. The number of hydrogen-bond donors (Lipinski definition) is 0. The van der Waals surface area contributed by atoms with Crippen molar-refractivity contribution in [2.45, 2.75) is 0 Å². The van der Waals surface area contributed by atoms with Crippen molar-refractivity contribution in [2.24, 2.45) is 0 Å². The molecule has 0 aliphatic carbocycles. The largest absolute Gasteiger partial charge is 0.482 e. The molecule has 0 unspecified atom stereocenters. The van der Waals surface area contributed by atoms with E-state index in [0.29, 0.717) is 0 Å². The Morgan fingerprint density at radius 3 is 1.75 bits per heavy atom. The van der Waals surface area contributed by atoms with E-state index in [1.165, 1.54) is 0 Å². The van der Waals surface area contributed by atoms with Crippen molar-refractivity contribution in [3.63, 3.8) is 0 Å². The molecule has 0 aliphatic heterocycles. The normalized spacial score (nSPS) is 10.6. The molecule has 0 heterocycles. The van der Waals surface area contributed by atoms with Gasteiger partial charge in [0, 0.05) is 0 Å². The summed E-state index contributed by atoms with van der Waals surface area (Å²) in [6.45, 7) is -0.801. The number of carbonyl (C=O) groups is 1. The van der Waals surface area contributed by atoms with Crippen LogP contribution >= 0.6 is 0 Å². The summed E-state index contributed by atoms with van der Waals surface area (Å²) in [4.78, 5) is 11.7. The van der Waals surface area contributed by atoms with Gasteiger partial charge in [-0.25, -0.2) is 18.0 Å². The maximum atomic E-state index is 13.5. The van der Waals surface area contributed by atoms with E-state index in [0.717, 1.165) is 11.1 Å². The highest BCUT2D eigenvalue weighted by atomic mass is 19.2. The van der Waals surface area contributed by atoms with Crippen molar-refractivity contribution in [1.82, 2.24) is 0 Å². The highest BCUT2D eigenvalue weighted by Crippen LogP contribution is 2.29. The summed E-state index contributed by atoms with van der Waals surface area (Å²) in [5.41, 5.74) is 1.84. The third kappa shape index (κ3) is 3.95. The van der Waals surface area contributed by atoms with E-state index in [9.17, 15) is 26.7 Å². The monoisotopic (exact) mass is 394 g/mol. The average molecular weight is 394 g/mol. The van der Waals surface area contributed by atoms with Crippen molar-refractivity contribution < 1.29 is 36.2 Å². The van der Waals surface area contributed by atoms with E-state index in [4.69, 9.17) is 4.74 Å². The van der Waals surface area contributed by atoms with Gasteiger partial charge in [-0.2, -0.15) is 8.78 Å². The van der Waals surface area contributed by atoms with Gasteiger partial charge in [-0.15, -0.1) is 0 Å². The Balaban J connectivity index is 1.65. The summed E-state index contributed by atoms with van der Waals surface area (Å²) >= 11 is 0. The van der Waals surface area contributed by atoms with Crippen LogP contribution < -0.4 is 9.47 Å². The topological polar surface area (TPSA) is 35.5 Å². The first-order chi connectivity index (χ1) is 13.4. The van der Waals surface area contributed by atoms with Crippen molar-refractivity contribution in [1.29, 1.82) is 0 Å².